The van der Waals surface area contributed by atoms with Gasteiger partial charge >= 0.3 is 5.97 Å². The Balaban J connectivity index is 1.61. The van der Waals surface area contributed by atoms with Crippen molar-refractivity contribution in [2.24, 2.45) is 0 Å². The summed E-state index contributed by atoms with van der Waals surface area (Å²) in [5.74, 6) is -0.102. The number of carbonyl (C=O) groups is 2. The zero-order valence-corrected chi connectivity index (χ0v) is 19.2. The molecule has 0 aromatic carbocycles. The average Bonchev–Trinajstić information content (AvgIpc) is 3.39. The molecule has 0 bridgehead atoms. The molecule has 11 heteroatoms. The SMILES string of the molecule is CCOC(=O)Cc1csc(SCC(=O)N(Cc2cccs2)[C@H]2CCS(=O)(=O)C2)n1. The van der Waals surface area contributed by atoms with Crippen molar-refractivity contribution in [1.82, 2.24) is 9.88 Å². The first kappa shape index (κ1) is 22.3. The van der Waals surface area contributed by atoms with Gasteiger partial charge in [-0.2, -0.15) is 0 Å². The van der Waals surface area contributed by atoms with E-state index in [9.17, 15) is 18.0 Å². The third-order valence-corrected chi connectivity index (χ3v) is 9.02. The van der Waals surface area contributed by atoms with E-state index >= 15 is 0 Å². The zero-order valence-electron chi connectivity index (χ0n) is 15.9. The van der Waals surface area contributed by atoms with Crippen molar-refractivity contribution in [3.05, 3.63) is 33.5 Å². The Morgan fingerprint density at radius 1 is 1.38 bits per heavy atom. The Kier molecular flexibility index (Phi) is 7.72. The van der Waals surface area contributed by atoms with Crippen LogP contribution in [0.25, 0.3) is 0 Å². The van der Waals surface area contributed by atoms with Gasteiger partial charge in [-0.1, -0.05) is 17.8 Å². The number of sulfone groups is 1. The summed E-state index contributed by atoms with van der Waals surface area (Å²) in [5.41, 5.74) is 0.626. The van der Waals surface area contributed by atoms with Crippen molar-refractivity contribution in [1.29, 1.82) is 0 Å². The van der Waals surface area contributed by atoms with Gasteiger partial charge in [-0.25, -0.2) is 13.4 Å². The van der Waals surface area contributed by atoms with Crippen LogP contribution in [0.1, 0.15) is 23.9 Å². The fourth-order valence-corrected chi connectivity index (χ4v) is 7.18. The summed E-state index contributed by atoms with van der Waals surface area (Å²) in [7, 11) is -3.08. The summed E-state index contributed by atoms with van der Waals surface area (Å²) >= 11 is 4.24. The average molecular weight is 475 g/mol. The third-order valence-electron chi connectivity index (χ3n) is 4.36. The quantitative estimate of drug-likeness (QED) is 0.407. The number of thiophene rings is 1. The van der Waals surface area contributed by atoms with Gasteiger partial charge in [0.25, 0.3) is 0 Å². The number of aromatic nitrogens is 1. The van der Waals surface area contributed by atoms with E-state index < -0.39 is 9.84 Å². The highest BCUT2D eigenvalue weighted by Crippen LogP contribution is 2.26. The molecule has 2 aromatic rings. The predicted molar refractivity (Wildman–Crippen MR) is 115 cm³/mol. The van der Waals surface area contributed by atoms with Crippen LogP contribution in [0.15, 0.2) is 27.2 Å². The number of hydrogen-bond acceptors (Lipinski definition) is 9. The molecule has 158 valence electrons. The molecule has 29 heavy (non-hydrogen) atoms. The van der Waals surface area contributed by atoms with Crippen LogP contribution in [0.4, 0.5) is 0 Å². The van der Waals surface area contributed by atoms with Crippen molar-refractivity contribution in [3.8, 4) is 0 Å². The smallest absolute Gasteiger partial charge is 0.311 e. The van der Waals surface area contributed by atoms with Gasteiger partial charge in [-0.15, -0.1) is 22.7 Å². The van der Waals surface area contributed by atoms with Crippen molar-refractivity contribution in [2.75, 3.05) is 23.9 Å². The predicted octanol–water partition coefficient (Wildman–Crippen LogP) is 2.62. The number of thiazole rings is 1. The van der Waals surface area contributed by atoms with Crippen molar-refractivity contribution in [2.45, 2.75) is 36.7 Å². The first-order chi connectivity index (χ1) is 13.9. The van der Waals surface area contributed by atoms with Crippen LogP contribution < -0.4 is 0 Å². The topological polar surface area (TPSA) is 93.6 Å². The number of esters is 1. The molecule has 1 saturated heterocycles. The molecule has 0 unspecified atom stereocenters. The summed E-state index contributed by atoms with van der Waals surface area (Å²) < 4.78 is 29.4. The number of amides is 1. The van der Waals surface area contributed by atoms with Crippen LogP contribution in [0, 0.1) is 0 Å². The molecule has 0 spiro atoms. The Morgan fingerprint density at radius 3 is 2.86 bits per heavy atom. The number of ether oxygens (including phenoxy) is 1. The van der Waals surface area contributed by atoms with Crippen molar-refractivity contribution in [3.63, 3.8) is 0 Å². The molecule has 7 nitrogen and oxygen atoms in total. The third kappa shape index (κ3) is 6.53. The van der Waals surface area contributed by atoms with E-state index in [2.05, 4.69) is 4.98 Å². The van der Waals surface area contributed by atoms with Crippen LogP contribution in [0.3, 0.4) is 0 Å². The van der Waals surface area contributed by atoms with Gasteiger partial charge in [0.1, 0.15) is 0 Å². The lowest BCUT2D eigenvalue weighted by Gasteiger charge is -2.27. The molecule has 0 saturated carbocycles. The molecule has 1 fully saturated rings. The number of thioether (sulfide) groups is 1. The van der Waals surface area contributed by atoms with E-state index in [0.29, 0.717) is 29.6 Å². The lowest BCUT2D eigenvalue weighted by Crippen LogP contribution is -2.41. The van der Waals surface area contributed by atoms with Gasteiger partial charge < -0.3 is 9.64 Å². The van der Waals surface area contributed by atoms with E-state index in [0.717, 1.165) is 4.88 Å². The fourth-order valence-electron chi connectivity index (χ4n) is 3.01. The highest BCUT2D eigenvalue weighted by atomic mass is 32.2. The second kappa shape index (κ2) is 10.1. The summed E-state index contributed by atoms with van der Waals surface area (Å²) in [6.45, 7) is 2.50. The van der Waals surface area contributed by atoms with Gasteiger partial charge in [0.2, 0.25) is 5.91 Å². The molecule has 0 radical (unpaired) electrons. The zero-order chi connectivity index (χ0) is 20.9. The second-order valence-corrected chi connectivity index (χ2v) is 11.9. The number of nitrogens with zero attached hydrogens (tertiary/aromatic N) is 2. The van der Waals surface area contributed by atoms with E-state index in [1.54, 1.807) is 28.5 Å². The molecule has 1 atom stereocenters. The Bertz CT molecular complexity index is 939. The molecular formula is C18H22N2O5S4. The monoisotopic (exact) mass is 474 g/mol. The second-order valence-electron chi connectivity index (χ2n) is 6.53. The minimum absolute atomic E-state index is 0.0235. The van der Waals surface area contributed by atoms with E-state index in [4.69, 9.17) is 4.74 Å². The lowest BCUT2D eigenvalue weighted by molar-refractivity contribution is -0.142. The fraction of sp³-hybridized carbons (Fsp3) is 0.500. The van der Waals surface area contributed by atoms with Gasteiger partial charge in [-0.3, -0.25) is 9.59 Å². The molecule has 1 aliphatic heterocycles. The van der Waals surface area contributed by atoms with E-state index in [1.807, 2.05) is 17.5 Å². The first-order valence-electron chi connectivity index (χ1n) is 9.11. The van der Waals surface area contributed by atoms with Crippen LogP contribution in [-0.2, 0) is 37.1 Å². The van der Waals surface area contributed by atoms with Gasteiger partial charge in [0.05, 0.1) is 42.5 Å². The minimum atomic E-state index is -3.08. The van der Waals surface area contributed by atoms with Crippen LogP contribution in [-0.4, -0.2) is 60.1 Å². The van der Waals surface area contributed by atoms with Crippen LogP contribution in [0.5, 0.6) is 0 Å². The Labute approximate surface area is 182 Å². The number of rotatable bonds is 9. The molecule has 0 N–H and O–H groups in total. The normalized spacial score (nSPS) is 17.9. The minimum Gasteiger partial charge on any atom is -0.466 e. The summed E-state index contributed by atoms with van der Waals surface area (Å²) in [6, 6.07) is 3.58. The van der Waals surface area contributed by atoms with Gasteiger partial charge in [0, 0.05) is 16.3 Å². The Hall–Kier alpha value is -1.43. The maximum atomic E-state index is 12.9. The largest absolute Gasteiger partial charge is 0.466 e. The summed E-state index contributed by atoms with van der Waals surface area (Å²) in [6.07, 6.45) is 0.592. The van der Waals surface area contributed by atoms with Crippen molar-refractivity contribution < 1.29 is 22.7 Å². The first-order valence-corrected chi connectivity index (χ1v) is 13.7. The number of carbonyl (C=O) groups excluding carboxylic acids is 2. The van der Waals surface area contributed by atoms with Gasteiger partial charge in [0.15, 0.2) is 14.2 Å². The lowest BCUT2D eigenvalue weighted by atomic mass is 10.2. The standard InChI is InChI=1S/C18H22N2O5S4/c1-2-25-17(22)8-13-10-27-18(19-13)28-11-16(21)20(9-15-4-3-6-26-15)14-5-7-29(23,24)12-14/h3-4,6,10,14H,2,5,7-9,11-12H2,1H3/t14-/m0/s1. The molecular weight excluding hydrogens is 452 g/mol. The molecule has 1 aliphatic rings. The highest BCUT2D eigenvalue weighted by Gasteiger charge is 2.34. The van der Waals surface area contributed by atoms with E-state index in [1.165, 1.54) is 23.1 Å². The molecule has 2 aromatic heterocycles. The van der Waals surface area contributed by atoms with Crippen molar-refractivity contribution >= 4 is 56.1 Å². The summed E-state index contributed by atoms with van der Waals surface area (Å²) in [4.78, 5) is 31.6. The maximum absolute atomic E-state index is 12.9. The summed E-state index contributed by atoms with van der Waals surface area (Å²) in [5, 5.41) is 3.73. The van der Waals surface area contributed by atoms with Crippen LogP contribution in [0.2, 0.25) is 0 Å². The maximum Gasteiger partial charge on any atom is 0.311 e. The highest BCUT2D eigenvalue weighted by molar-refractivity contribution is 8.01. The van der Waals surface area contributed by atoms with E-state index in [-0.39, 0.29) is 41.6 Å². The Morgan fingerprint density at radius 2 is 2.21 bits per heavy atom. The molecule has 3 rings (SSSR count). The molecule has 1 amide bonds. The van der Waals surface area contributed by atoms with Gasteiger partial charge in [-0.05, 0) is 24.8 Å². The number of hydrogen-bond donors (Lipinski definition) is 0. The van der Waals surface area contributed by atoms with Crippen LogP contribution >= 0.6 is 34.4 Å². The molecule has 3 heterocycles. The molecule has 0 aliphatic carbocycles.